The Morgan fingerprint density at radius 1 is 1.27 bits per heavy atom. The molecule has 0 unspecified atom stereocenters. The quantitative estimate of drug-likeness (QED) is 0.864. The highest BCUT2D eigenvalue weighted by atomic mass is 79.9. The molecular formula is C11H16BrFN2. The zero-order chi connectivity index (χ0) is 11.3. The van der Waals surface area contributed by atoms with E-state index < -0.39 is 0 Å². The van der Waals surface area contributed by atoms with Crippen LogP contribution in [0.15, 0.2) is 22.7 Å². The van der Waals surface area contributed by atoms with Crippen LogP contribution in [-0.2, 0) is 6.42 Å². The third-order valence-electron chi connectivity index (χ3n) is 2.50. The van der Waals surface area contributed by atoms with Gasteiger partial charge in [0.15, 0.2) is 0 Å². The summed E-state index contributed by atoms with van der Waals surface area (Å²) in [5, 5.41) is 0. The molecule has 0 aromatic heterocycles. The van der Waals surface area contributed by atoms with Crippen LogP contribution in [0.3, 0.4) is 0 Å². The highest BCUT2D eigenvalue weighted by Gasteiger charge is 2.07. The lowest BCUT2D eigenvalue weighted by Gasteiger charge is -2.12. The Kier molecular flexibility index (Phi) is 5.22. The van der Waals surface area contributed by atoms with Crippen molar-refractivity contribution in [1.82, 2.24) is 0 Å². The van der Waals surface area contributed by atoms with Crippen molar-refractivity contribution in [3.8, 4) is 0 Å². The molecule has 0 saturated heterocycles. The van der Waals surface area contributed by atoms with Crippen LogP contribution in [0, 0.1) is 11.7 Å². The topological polar surface area (TPSA) is 52.0 Å². The summed E-state index contributed by atoms with van der Waals surface area (Å²) >= 11 is 3.32. The number of aryl methyl sites for hydroxylation is 1. The van der Waals surface area contributed by atoms with Crippen molar-refractivity contribution < 1.29 is 4.39 Å². The van der Waals surface area contributed by atoms with Gasteiger partial charge in [0.05, 0.1) is 0 Å². The van der Waals surface area contributed by atoms with Gasteiger partial charge < -0.3 is 11.5 Å². The molecule has 0 aliphatic heterocycles. The van der Waals surface area contributed by atoms with Crippen molar-refractivity contribution in [2.75, 3.05) is 13.1 Å². The van der Waals surface area contributed by atoms with E-state index in [-0.39, 0.29) is 11.7 Å². The van der Waals surface area contributed by atoms with Gasteiger partial charge in [-0.2, -0.15) is 0 Å². The summed E-state index contributed by atoms with van der Waals surface area (Å²) in [6.07, 6.45) is 1.52. The number of hydrogen-bond donors (Lipinski definition) is 2. The molecule has 0 amide bonds. The minimum atomic E-state index is -0.161. The number of halogens is 2. The van der Waals surface area contributed by atoms with Crippen LogP contribution in [-0.4, -0.2) is 13.1 Å². The maximum Gasteiger partial charge on any atom is 0.126 e. The molecule has 1 aromatic carbocycles. The van der Waals surface area contributed by atoms with Gasteiger partial charge in [0, 0.05) is 4.47 Å². The van der Waals surface area contributed by atoms with Crippen molar-refractivity contribution in [3.63, 3.8) is 0 Å². The van der Waals surface area contributed by atoms with E-state index in [2.05, 4.69) is 15.9 Å². The lowest BCUT2D eigenvalue weighted by molar-refractivity contribution is 0.498. The first-order valence-electron chi connectivity index (χ1n) is 5.01. The fourth-order valence-corrected chi connectivity index (χ4v) is 1.83. The lowest BCUT2D eigenvalue weighted by Crippen LogP contribution is -2.23. The third-order valence-corrected chi connectivity index (χ3v) is 2.99. The monoisotopic (exact) mass is 274 g/mol. The maximum atomic E-state index is 13.3. The predicted octanol–water partition coefficient (Wildman–Crippen LogP) is 2.05. The van der Waals surface area contributed by atoms with E-state index >= 15 is 0 Å². The smallest absolute Gasteiger partial charge is 0.126 e. The van der Waals surface area contributed by atoms with Gasteiger partial charge in [0.25, 0.3) is 0 Å². The summed E-state index contributed by atoms with van der Waals surface area (Å²) in [5.41, 5.74) is 11.8. The summed E-state index contributed by atoms with van der Waals surface area (Å²) in [6, 6.07) is 4.97. The van der Waals surface area contributed by atoms with Crippen molar-refractivity contribution >= 4 is 15.9 Å². The molecule has 84 valence electrons. The first-order valence-corrected chi connectivity index (χ1v) is 5.80. The zero-order valence-corrected chi connectivity index (χ0v) is 10.1. The fraction of sp³-hybridized carbons (Fsp3) is 0.455. The highest BCUT2D eigenvalue weighted by molar-refractivity contribution is 9.10. The van der Waals surface area contributed by atoms with E-state index in [4.69, 9.17) is 11.5 Å². The van der Waals surface area contributed by atoms with E-state index in [0.29, 0.717) is 19.5 Å². The molecule has 0 heterocycles. The predicted molar refractivity (Wildman–Crippen MR) is 64.0 cm³/mol. The molecule has 4 heteroatoms. The SMILES string of the molecule is NCC(CN)CCc1cc(Br)ccc1F. The Morgan fingerprint density at radius 2 is 1.93 bits per heavy atom. The second-order valence-electron chi connectivity index (χ2n) is 3.61. The first kappa shape index (κ1) is 12.6. The van der Waals surface area contributed by atoms with E-state index in [1.165, 1.54) is 6.07 Å². The molecular weight excluding hydrogens is 259 g/mol. The second-order valence-corrected chi connectivity index (χ2v) is 4.53. The van der Waals surface area contributed by atoms with Crippen LogP contribution in [0.25, 0.3) is 0 Å². The highest BCUT2D eigenvalue weighted by Crippen LogP contribution is 2.18. The Morgan fingerprint density at radius 3 is 2.53 bits per heavy atom. The average Bonchev–Trinajstić information content (AvgIpc) is 2.24. The van der Waals surface area contributed by atoms with Gasteiger partial charge in [-0.25, -0.2) is 4.39 Å². The third kappa shape index (κ3) is 3.89. The summed E-state index contributed by atoms with van der Waals surface area (Å²) in [6.45, 7) is 1.12. The van der Waals surface area contributed by atoms with Crippen molar-refractivity contribution in [2.45, 2.75) is 12.8 Å². The van der Waals surface area contributed by atoms with Crippen LogP contribution < -0.4 is 11.5 Å². The summed E-state index contributed by atoms with van der Waals surface area (Å²) < 4.78 is 14.2. The molecule has 0 bridgehead atoms. The molecule has 15 heavy (non-hydrogen) atoms. The summed E-state index contributed by atoms with van der Waals surface area (Å²) in [4.78, 5) is 0. The normalized spacial score (nSPS) is 11.0. The van der Waals surface area contributed by atoms with Gasteiger partial charge in [-0.1, -0.05) is 15.9 Å². The Labute approximate surface area is 98.0 Å². The number of benzene rings is 1. The molecule has 4 N–H and O–H groups in total. The number of rotatable bonds is 5. The summed E-state index contributed by atoms with van der Waals surface area (Å²) in [5.74, 6) is 0.120. The van der Waals surface area contributed by atoms with Crippen molar-refractivity contribution in [1.29, 1.82) is 0 Å². The lowest BCUT2D eigenvalue weighted by atomic mass is 9.99. The van der Waals surface area contributed by atoms with Crippen LogP contribution in [0.5, 0.6) is 0 Å². The van der Waals surface area contributed by atoms with Crippen LogP contribution in [0.4, 0.5) is 4.39 Å². The van der Waals surface area contributed by atoms with Crippen molar-refractivity contribution in [3.05, 3.63) is 34.1 Å². The molecule has 1 aromatic rings. The molecule has 0 aliphatic carbocycles. The molecule has 1 rings (SSSR count). The zero-order valence-electron chi connectivity index (χ0n) is 8.55. The van der Waals surface area contributed by atoms with Gasteiger partial charge in [0.1, 0.15) is 5.82 Å². The van der Waals surface area contributed by atoms with E-state index in [0.717, 1.165) is 16.5 Å². The standard InChI is InChI=1S/C11H16BrFN2/c12-10-3-4-11(13)9(5-10)2-1-8(6-14)7-15/h3-5,8H,1-2,6-7,14-15H2. The van der Waals surface area contributed by atoms with E-state index in [9.17, 15) is 4.39 Å². The molecule has 0 atom stereocenters. The van der Waals surface area contributed by atoms with Crippen LogP contribution >= 0.6 is 15.9 Å². The first-order chi connectivity index (χ1) is 7.17. The minimum absolute atomic E-state index is 0.161. The minimum Gasteiger partial charge on any atom is -0.330 e. The van der Waals surface area contributed by atoms with E-state index in [1.807, 2.05) is 0 Å². The van der Waals surface area contributed by atoms with Gasteiger partial charge in [-0.15, -0.1) is 0 Å². The molecule has 0 saturated carbocycles. The molecule has 2 nitrogen and oxygen atoms in total. The van der Waals surface area contributed by atoms with Gasteiger partial charge in [0.2, 0.25) is 0 Å². The molecule has 0 fully saturated rings. The van der Waals surface area contributed by atoms with Gasteiger partial charge in [-0.05, 0) is 55.6 Å². The number of nitrogens with two attached hydrogens (primary N) is 2. The Bertz CT molecular complexity index is 313. The largest absolute Gasteiger partial charge is 0.330 e. The van der Waals surface area contributed by atoms with Gasteiger partial charge in [-0.3, -0.25) is 0 Å². The maximum absolute atomic E-state index is 13.3. The molecule has 0 aliphatic rings. The molecule has 0 radical (unpaired) electrons. The van der Waals surface area contributed by atoms with Crippen LogP contribution in [0.2, 0.25) is 0 Å². The summed E-state index contributed by atoms with van der Waals surface area (Å²) in [7, 11) is 0. The Balaban J connectivity index is 2.60. The van der Waals surface area contributed by atoms with Gasteiger partial charge >= 0.3 is 0 Å². The fourth-order valence-electron chi connectivity index (χ4n) is 1.43. The number of hydrogen-bond acceptors (Lipinski definition) is 2. The van der Waals surface area contributed by atoms with Crippen LogP contribution in [0.1, 0.15) is 12.0 Å². The second kappa shape index (κ2) is 6.20. The molecule has 0 spiro atoms. The van der Waals surface area contributed by atoms with E-state index in [1.54, 1.807) is 12.1 Å². The average molecular weight is 275 g/mol. The van der Waals surface area contributed by atoms with Crippen molar-refractivity contribution in [2.24, 2.45) is 17.4 Å². The Hall–Kier alpha value is -0.450.